The highest BCUT2D eigenvalue weighted by Crippen LogP contribution is 2.31. The summed E-state index contributed by atoms with van der Waals surface area (Å²) in [6.07, 6.45) is 2.08. The van der Waals surface area contributed by atoms with Gasteiger partial charge in [0.1, 0.15) is 11.4 Å². The van der Waals surface area contributed by atoms with Gasteiger partial charge in [0.05, 0.1) is 25.1 Å². The summed E-state index contributed by atoms with van der Waals surface area (Å²) in [4.78, 5) is 19.8. The Kier molecular flexibility index (Phi) is 4.99. The van der Waals surface area contributed by atoms with E-state index >= 15 is 0 Å². The number of methoxy groups -OCH3 is 1. The van der Waals surface area contributed by atoms with E-state index in [9.17, 15) is 4.79 Å². The molecule has 0 aliphatic carbocycles. The number of aliphatic hydroxyl groups is 1. The van der Waals surface area contributed by atoms with Gasteiger partial charge in [0.25, 0.3) is 0 Å². The molecule has 1 amide bonds. The summed E-state index contributed by atoms with van der Waals surface area (Å²) in [5, 5.41) is 13.7. The van der Waals surface area contributed by atoms with Crippen LogP contribution in [-0.2, 0) is 11.3 Å². The van der Waals surface area contributed by atoms with Crippen molar-refractivity contribution in [3.63, 3.8) is 0 Å². The number of rotatable bonds is 7. The number of hydrogen-bond donors (Lipinski definition) is 3. The van der Waals surface area contributed by atoms with Crippen LogP contribution in [0.4, 0.5) is 0 Å². The van der Waals surface area contributed by atoms with Crippen LogP contribution in [0.25, 0.3) is 33.3 Å². The molecule has 3 heterocycles. The maximum absolute atomic E-state index is 12.0. The van der Waals surface area contributed by atoms with Gasteiger partial charge in [-0.05, 0) is 42.5 Å². The van der Waals surface area contributed by atoms with Crippen molar-refractivity contribution in [1.82, 2.24) is 19.9 Å². The Hall–Kier alpha value is -3.32. The van der Waals surface area contributed by atoms with Crippen LogP contribution in [0.3, 0.4) is 0 Å². The summed E-state index contributed by atoms with van der Waals surface area (Å²) in [6, 6.07) is 14.0. The van der Waals surface area contributed by atoms with Crippen LogP contribution >= 0.6 is 0 Å². The molecule has 28 heavy (non-hydrogen) atoms. The van der Waals surface area contributed by atoms with Crippen molar-refractivity contribution in [3.8, 4) is 17.1 Å². The van der Waals surface area contributed by atoms with E-state index in [0.717, 1.165) is 39.1 Å². The number of amides is 1. The number of carbonyl (C=O) groups is 1. The Morgan fingerprint density at radius 3 is 2.93 bits per heavy atom. The summed E-state index contributed by atoms with van der Waals surface area (Å²) in [7, 11) is 1.65. The SMILES string of the molecule is COc1ccc2c(c1)cc(-c1cc3cccnc3[nH]1)n2CCC(=O)NCCO. The lowest BCUT2D eigenvalue weighted by Gasteiger charge is -2.10. The van der Waals surface area contributed by atoms with Crippen molar-refractivity contribution in [2.75, 3.05) is 20.3 Å². The molecule has 3 N–H and O–H groups in total. The number of nitrogens with zero attached hydrogens (tertiary/aromatic N) is 2. The van der Waals surface area contributed by atoms with Crippen molar-refractivity contribution in [1.29, 1.82) is 0 Å². The van der Waals surface area contributed by atoms with Gasteiger partial charge in [0, 0.05) is 42.0 Å². The van der Waals surface area contributed by atoms with E-state index < -0.39 is 0 Å². The summed E-state index contributed by atoms with van der Waals surface area (Å²) in [5.74, 6) is 0.698. The molecule has 4 aromatic rings. The summed E-state index contributed by atoms with van der Waals surface area (Å²) >= 11 is 0. The third-order valence-electron chi connectivity index (χ3n) is 4.77. The average molecular weight is 378 g/mol. The number of aromatic amines is 1. The number of pyridine rings is 1. The molecule has 0 aliphatic rings. The quantitative estimate of drug-likeness (QED) is 0.461. The number of nitrogens with one attached hydrogen (secondary N) is 2. The van der Waals surface area contributed by atoms with Crippen molar-refractivity contribution < 1.29 is 14.6 Å². The van der Waals surface area contributed by atoms with E-state index in [1.807, 2.05) is 30.3 Å². The van der Waals surface area contributed by atoms with Gasteiger partial charge in [-0.3, -0.25) is 4.79 Å². The number of ether oxygens (including phenoxy) is 1. The van der Waals surface area contributed by atoms with Gasteiger partial charge >= 0.3 is 0 Å². The highest BCUT2D eigenvalue weighted by atomic mass is 16.5. The van der Waals surface area contributed by atoms with Crippen LogP contribution in [0, 0.1) is 0 Å². The zero-order valence-electron chi connectivity index (χ0n) is 15.6. The number of fused-ring (bicyclic) bond motifs is 2. The fraction of sp³-hybridized carbons (Fsp3) is 0.238. The van der Waals surface area contributed by atoms with Gasteiger partial charge in [0.15, 0.2) is 0 Å². The Labute approximate surface area is 162 Å². The number of aliphatic hydroxyl groups excluding tert-OH is 1. The second-order valence-corrected chi connectivity index (χ2v) is 6.55. The maximum atomic E-state index is 12.0. The van der Waals surface area contributed by atoms with Crippen LogP contribution < -0.4 is 10.1 Å². The van der Waals surface area contributed by atoms with Gasteiger partial charge < -0.3 is 24.7 Å². The first-order valence-electron chi connectivity index (χ1n) is 9.18. The second-order valence-electron chi connectivity index (χ2n) is 6.55. The molecule has 0 saturated carbocycles. The molecule has 3 aromatic heterocycles. The minimum atomic E-state index is -0.0892. The Morgan fingerprint density at radius 2 is 2.14 bits per heavy atom. The molecule has 0 spiro atoms. The fourth-order valence-electron chi connectivity index (χ4n) is 3.43. The van der Waals surface area contributed by atoms with Crippen LogP contribution in [0.15, 0.2) is 48.7 Å². The molecule has 0 atom stereocenters. The lowest BCUT2D eigenvalue weighted by molar-refractivity contribution is -0.121. The predicted octanol–water partition coefficient (Wildman–Crippen LogP) is 2.69. The largest absolute Gasteiger partial charge is 0.497 e. The molecule has 0 saturated heterocycles. The number of benzene rings is 1. The van der Waals surface area contributed by atoms with E-state index in [0.29, 0.717) is 13.0 Å². The van der Waals surface area contributed by atoms with E-state index in [1.54, 1.807) is 13.3 Å². The molecule has 0 fully saturated rings. The lowest BCUT2D eigenvalue weighted by atomic mass is 10.2. The van der Waals surface area contributed by atoms with Gasteiger partial charge in [-0.25, -0.2) is 4.98 Å². The van der Waals surface area contributed by atoms with Gasteiger partial charge in [0.2, 0.25) is 5.91 Å². The Balaban J connectivity index is 1.76. The number of H-pyrrole nitrogens is 1. The molecule has 4 rings (SSSR count). The minimum absolute atomic E-state index is 0.0642. The standard InChI is InChI=1S/C21H22N4O3/c1-28-16-4-5-18-15(11-16)13-19(25(18)9-6-20(27)22-8-10-26)17-12-14-3-2-7-23-21(14)24-17/h2-5,7,11-13,26H,6,8-10H2,1H3,(H,22,27)(H,23,24). The smallest absolute Gasteiger partial charge is 0.221 e. The molecule has 0 unspecified atom stereocenters. The van der Waals surface area contributed by atoms with Crippen LogP contribution in [-0.4, -0.2) is 45.8 Å². The number of hydrogen-bond acceptors (Lipinski definition) is 4. The molecule has 0 bridgehead atoms. The molecule has 0 radical (unpaired) electrons. The van der Waals surface area contributed by atoms with E-state index in [-0.39, 0.29) is 19.1 Å². The Morgan fingerprint density at radius 1 is 1.25 bits per heavy atom. The fourth-order valence-corrected chi connectivity index (χ4v) is 3.43. The van der Waals surface area contributed by atoms with Gasteiger partial charge in [-0.2, -0.15) is 0 Å². The third kappa shape index (κ3) is 3.44. The molecule has 7 heteroatoms. The zero-order valence-corrected chi connectivity index (χ0v) is 15.6. The van der Waals surface area contributed by atoms with Crippen molar-refractivity contribution in [3.05, 3.63) is 48.7 Å². The van der Waals surface area contributed by atoms with Crippen LogP contribution in [0.5, 0.6) is 5.75 Å². The van der Waals surface area contributed by atoms with Gasteiger partial charge in [-0.15, -0.1) is 0 Å². The molecular formula is C21H22N4O3. The average Bonchev–Trinajstić information content (AvgIpc) is 3.31. The monoisotopic (exact) mass is 378 g/mol. The minimum Gasteiger partial charge on any atom is -0.497 e. The molecule has 7 nitrogen and oxygen atoms in total. The number of carbonyl (C=O) groups excluding carboxylic acids is 1. The van der Waals surface area contributed by atoms with Crippen LogP contribution in [0.1, 0.15) is 6.42 Å². The van der Waals surface area contributed by atoms with Crippen molar-refractivity contribution >= 4 is 27.8 Å². The lowest BCUT2D eigenvalue weighted by Crippen LogP contribution is -2.27. The molecule has 1 aromatic carbocycles. The third-order valence-corrected chi connectivity index (χ3v) is 4.77. The molecular weight excluding hydrogens is 356 g/mol. The molecule has 144 valence electrons. The Bertz CT molecular complexity index is 1100. The first-order chi connectivity index (χ1) is 13.7. The first kappa shape index (κ1) is 18.1. The predicted molar refractivity (Wildman–Crippen MR) is 108 cm³/mol. The number of aryl methyl sites for hydroxylation is 1. The highest BCUT2D eigenvalue weighted by molar-refractivity contribution is 5.90. The summed E-state index contributed by atoms with van der Waals surface area (Å²) in [6.45, 7) is 0.722. The topological polar surface area (TPSA) is 92.2 Å². The van der Waals surface area contributed by atoms with E-state index in [4.69, 9.17) is 9.84 Å². The zero-order chi connectivity index (χ0) is 19.5. The summed E-state index contributed by atoms with van der Waals surface area (Å²) in [5.41, 5.74) is 3.78. The van der Waals surface area contributed by atoms with E-state index in [2.05, 4.69) is 32.0 Å². The first-order valence-corrected chi connectivity index (χ1v) is 9.18. The van der Waals surface area contributed by atoms with Gasteiger partial charge in [-0.1, -0.05) is 0 Å². The van der Waals surface area contributed by atoms with E-state index in [1.165, 1.54) is 0 Å². The van der Waals surface area contributed by atoms with Crippen LogP contribution in [0.2, 0.25) is 0 Å². The maximum Gasteiger partial charge on any atom is 0.221 e. The summed E-state index contributed by atoms with van der Waals surface area (Å²) < 4.78 is 7.48. The van der Waals surface area contributed by atoms with Crippen molar-refractivity contribution in [2.45, 2.75) is 13.0 Å². The number of aromatic nitrogens is 3. The highest BCUT2D eigenvalue weighted by Gasteiger charge is 2.15. The normalized spacial score (nSPS) is 11.2. The van der Waals surface area contributed by atoms with Crippen molar-refractivity contribution in [2.24, 2.45) is 0 Å². The second kappa shape index (κ2) is 7.74. The molecule has 0 aliphatic heterocycles.